The lowest BCUT2D eigenvalue weighted by atomic mass is 10.2. The van der Waals surface area contributed by atoms with Crippen molar-refractivity contribution in [3.63, 3.8) is 0 Å². The third-order valence-electron chi connectivity index (χ3n) is 3.37. The zero-order valence-electron chi connectivity index (χ0n) is 12.8. The fourth-order valence-electron chi connectivity index (χ4n) is 2.04. The van der Waals surface area contributed by atoms with Gasteiger partial charge in [-0.2, -0.15) is 0 Å². The Balaban J connectivity index is 2.32. The van der Waals surface area contributed by atoms with Gasteiger partial charge in [0.2, 0.25) is 17.7 Å². The summed E-state index contributed by atoms with van der Waals surface area (Å²) in [5.74, 6) is -2.98. The minimum Gasteiger partial charge on any atom is -0.480 e. The average Bonchev–Trinajstić information content (AvgIpc) is 3.04. The zero-order chi connectivity index (χ0) is 17.4. The van der Waals surface area contributed by atoms with Crippen molar-refractivity contribution >= 4 is 23.7 Å². The molecule has 3 amide bonds. The minimum atomic E-state index is -1.43. The quantitative estimate of drug-likeness (QED) is 0.275. The topological polar surface area (TPSA) is 157 Å². The van der Waals surface area contributed by atoms with Gasteiger partial charge in [-0.1, -0.05) is 0 Å². The molecule has 3 atom stereocenters. The van der Waals surface area contributed by atoms with Crippen LogP contribution in [-0.2, 0) is 19.2 Å². The van der Waals surface area contributed by atoms with Crippen LogP contribution in [0, 0.1) is 0 Å². The van der Waals surface area contributed by atoms with Crippen molar-refractivity contribution in [3.05, 3.63) is 0 Å². The number of aliphatic hydroxyl groups excluding tert-OH is 1. The first-order valence-corrected chi connectivity index (χ1v) is 7.29. The van der Waals surface area contributed by atoms with Crippen molar-refractivity contribution in [2.75, 3.05) is 19.7 Å². The van der Waals surface area contributed by atoms with Crippen LogP contribution < -0.4 is 21.3 Å². The van der Waals surface area contributed by atoms with E-state index in [0.29, 0.717) is 6.42 Å². The summed E-state index contributed by atoms with van der Waals surface area (Å²) >= 11 is 0. The molecule has 1 aliphatic heterocycles. The van der Waals surface area contributed by atoms with Crippen LogP contribution in [0.4, 0.5) is 0 Å². The lowest BCUT2D eigenvalue weighted by Crippen LogP contribution is -2.52. The van der Waals surface area contributed by atoms with Crippen LogP contribution in [-0.4, -0.2) is 71.7 Å². The van der Waals surface area contributed by atoms with E-state index in [9.17, 15) is 19.2 Å². The third-order valence-corrected chi connectivity index (χ3v) is 3.37. The zero-order valence-corrected chi connectivity index (χ0v) is 12.8. The maximum absolute atomic E-state index is 11.8. The van der Waals surface area contributed by atoms with Crippen molar-refractivity contribution in [1.82, 2.24) is 21.3 Å². The lowest BCUT2D eigenvalue weighted by molar-refractivity contribution is -0.142. The lowest BCUT2D eigenvalue weighted by Gasteiger charge is -2.17. The molecule has 0 saturated carbocycles. The van der Waals surface area contributed by atoms with Crippen LogP contribution in [0.2, 0.25) is 0 Å². The monoisotopic (exact) mass is 330 g/mol. The fourth-order valence-corrected chi connectivity index (χ4v) is 2.04. The van der Waals surface area contributed by atoms with Gasteiger partial charge in [-0.25, -0.2) is 4.79 Å². The molecule has 0 spiro atoms. The van der Waals surface area contributed by atoms with Gasteiger partial charge < -0.3 is 31.5 Å². The molecule has 0 bridgehead atoms. The van der Waals surface area contributed by atoms with Gasteiger partial charge in [0.25, 0.3) is 0 Å². The Morgan fingerprint density at radius 3 is 2.48 bits per heavy atom. The van der Waals surface area contributed by atoms with E-state index in [2.05, 4.69) is 16.0 Å². The number of amides is 3. The fraction of sp³-hybridized carbons (Fsp3) is 0.692. The second-order valence-corrected chi connectivity index (χ2v) is 5.24. The molecule has 1 rings (SSSR count). The summed E-state index contributed by atoms with van der Waals surface area (Å²) in [5.41, 5.74) is 0. The highest BCUT2D eigenvalue weighted by Gasteiger charge is 2.25. The number of carbonyl (C=O) groups is 4. The second-order valence-electron chi connectivity index (χ2n) is 5.24. The normalized spacial score (nSPS) is 19.5. The molecule has 1 fully saturated rings. The number of carbonyl (C=O) groups excluding carboxylic acids is 3. The number of rotatable bonds is 8. The minimum absolute atomic E-state index is 0.277. The van der Waals surface area contributed by atoms with Crippen molar-refractivity contribution in [1.29, 1.82) is 0 Å². The van der Waals surface area contributed by atoms with Crippen LogP contribution in [0.3, 0.4) is 0 Å². The Bertz CT molecular complexity index is 463. The smallest absolute Gasteiger partial charge is 0.328 e. The van der Waals surface area contributed by atoms with Crippen molar-refractivity contribution in [2.24, 2.45) is 0 Å². The van der Waals surface area contributed by atoms with Crippen LogP contribution in [0.1, 0.15) is 19.8 Å². The summed E-state index contributed by atoms with van der Waals surface area (Å²) < 4.78 is 0. The third kappa shape index (κ3) is 6.20. The number of nitrogens with one attached hydrogen (secondary N) is 4. The van der Waals surface area contributed by atoms with Crippen molar-refractivity contribution in [2.45, 2.75) is 37.9 Å². The maximum atomic E-state index is 11.8. The van der Waals surface area contributed by atoms with E-state index < -0.39 is 43.0 Å². The first kappa shape index (κ1) is 18.8. The molecule has 10 nitrogen and oxygen atoms in total. The molecule has 23 heavy (non-hydrogen) atoms. The van der Waals surface area contributed by atoms with Gasteiger partial charge in [0.15, 0.2) is 0 Å². The predicted molar refractivity (Wildman–Crippen MR) is 78.3 cm³/mol. The van der Waals surface area contributed by atoms with Gasteiger partial charge in [-0.05, 0) is 26.3 Å². The van der Waals surface area contributed by atoms with E-state index in [1.807, 2.05) is 5.32 Å². The van der Waals surface area contributed by atoms with E-state index in [4.69, 9.17) is 10.2 Å². The Kier molecular flexibility index (Phi) is 7.42. The average molecular weight is 330 g/mol. The van der Waals surface area contributed by atoms with Gasteiger partial charge >= 0.3 is 5.97 Å². The van der Waals surface area contributed by atoms with Gasteiger partial charge in [-0.3, -0.25) is 14.4 Å². The molecule has 6 N–H and O–H groups in total. The second kappa shape index (κ2) is 9.06. The van der Waals surface area contributed by atoms with Gasteiger partial charge in [-0.15, -0.1) is 0 Å². The summed E-state index contributed by atoms with van der Waals surface area (Å²) in [6, 6.07) is -2.56. The van der Waals surface area contributed by atoms with Gasteiger partial charge in [0.1, 0.15) is 12.1 Å². The number of aliphatic carboxylic acids is 1. The Morgan fingerprint density at radius 1 is 1.26 bits per heavy atom. The predicted octanol–water partition coefficient (Wildman–Crippen LogP) is -3.08. The molecule has 1 heterocycles. The summed E-state index contributed by atoms with van der Waals surface area (Å²) in [4.78, 5) is 45.7. The van der Waals surface area contributed by atoms with Crippen LogP contribution in [0.5, 0.6) is 0 Å². The first-order valence-electron chi connectivity index (χ1n) is 7.29. The van der Waals surface area contributed by atoms with Crippen LogP contribution in [0.15, 0.2) is 0 Å². The molecular formula is C13H22N4O6. The highest BCUT2D eigenvalue weighted by atomic mass is 16.4. The van der Waals surface area contributed by atoms with E-state index in [1.165, 1.54) is 6.92 Å². The number of hydrogen-bond donors (Lipinski definition) is 6. The highest BCUT2D eigenvalue weighted by Crippen LogP contribution is 2.04. The number of carboxylic acids is 1. The summed E-state index contributed by atoms with van der Waals surface area (Å²) in [5, 5.41) is 27.3. The Morgan fingerprint density at radius 2 is 1.96 bits per heavy atom. The molecule has 0 aromatic carbocycles. The molecular weight excluding hydrogens is 308 g/mol. The summed E-state index contributed by atoms with van der Waals surface area (Å²) in [6.45, 7) is 1.03. The SMILES string of the molecule is CC(NC(=O)C1CCCN1)C(=O)NCC(=O)NC(CO)C(=O)O. The van der Waals surface area contributed by atoms with Crippen LogP contribution in [0.25, 0.3) is 0 Å². The molecule has 0 aromatic rings. The Hall–Kier alpha value is -2.20. The maximum Gasteiger partial charge on any atom is 0.328 e. The van der Waals surface area contributed by atoms with Gasteiger partial charge in [0.05, 0.1) is 19.2 Å². The van der Waals surface area contributed by atoms with E-state index in [0.717, 1.165) is 13.0 Å². The summed E-state index contributed by atoms with van der Waals surface area (Å²) in [7, 11) is 0. The molecule has 10 heteroatoms. The summed E-state index contributed by atoms with van der Waals surface area (Å²) in [6.07, 6.45) is 1.61. The van der Waals surface area contributed by atoms with Crippen molar-refractivity contribution in [3.8, 4) is 0 Å². The Labute approximate surface area is 133 Å². The molecule has 0 aliphatic carbocycles. The first-order chi connectivity index (χ1) is 10.8. The highest BCUT2D eigenvalue weighted by molar-refractivity contribution is 5.92. The molecule has 1 saturated heterocycles. The molecule has 3 unspecified atom stereocenters. The number of aliphatic hydroxyl groups is 1. The molecule has 0 aromatic heterocycles. The van der Waals surface area contributed by atoms with Crippen LogP contribution >= 0.6 is 0 Å². The standard InChI is InChI=1S/C13H22N4O6/c1-7(16-12(21)8-3-2-4-14-8)11(20)15-5-10(19)17-9(6-18)13(22)23/h7-9,14,18H,2-6H2,1H3,(H,15,20)(H,16,21)(H,17,19)(H,22,23). The van der Waals surface area contributed by atoms with E-state index >= 15 is 0 Å². The molecule has 130 valence electrons. The van der Waals surface area contributed by atoms with E-state index in [-0.39, 0.29) is 11.9 Å². The number of hydrogen-bond acceptors (Lipinski definition) is 6. The van der Waals surface area contributed by atoms with Crippen molar-refractivity contribution < 1.29 is 29.4 Å². The number of carboxylic acid groups (broad SMARTS) is 1. The molecule has 0 radical (unpaired) electrons. The van der Waals surface area contributed by atoms with Gasteiger partial charge in [0, 0.05) is 0 Å². The largest absolute Gasteiger partial charge is 0.480 e. The van der Waals surface area contributed by atoms with E-state index in [1.54, 1.807) is 0 Å². The molecule has 1 aliphatic rings.